The molecule has 1 atom stereocenters. The maximum absolute atomic E-state index is 12.2. The Hall–Kier alpha value is -1.44. The second kappa shape index (κ2) is 7.90. The van der Waals surface area contributed by atoms with Gasteiger partial charge >= 0.3 is 0 Å². The van der Waals surface area contributed by atoms with Crippen LogP contribution in [0.3, 0.4) is 0 Å². The van der Waals surface area contributed by atoms with E-state index >= 15 is 0 Å². The summed E-state index contributed by atoms with van der Waals surface area (Å²) in [4.78, 5) is 14.4. The summed E-state index contributed by atoms with van der Waals surface area (Å²) in [6.45, 7) is 5.90. The Balaban J connectivity index is 1.85. The molecular weight excluding hydrogens is 316 g/mol. The number of ether oxygens (including phenoxy) is 1. The fraction of sp³-hybridized carbons (Fsp3) is 0.562. The Morgan fingerprint density at radius 3 is 2.43 bits per heavy atom. The molecule has 23 heavy (non-hydrogen) atoms. The van der Waals surface area contributed by atoms with E-state index in [9.17, 15) is 13.2 Å². The molecule has 1 aliphatic rings. The molecule has 1 amide bonds. The van der Waals surface area contributed by atoms with Crippen LogP contribution in [0, 0.1) is 0 Å². The monoisotopic (exact) mass is 340 g/mol. The molecule has 0 aliphatic carbocycles. The molecule has 2 rings (SSSR count). The zero-order valence-electron chi connectivity index (χ0n) is 13.6. The molecule has 0 aromatic heterocycles. The van der Waals surface area contributed by atoms with Gasteiger partial charge in [-0.1, -0.05) is 12.1 Å². The van der Waals surface area contributed by atoms with E-state index in [0.29, 0.717) is 17.7 Å². The number of hydrogen-bond donors (Lipinski definition) is 1. The summed E-state index contributed by atoms with van der Waals surface area (Å²) in [7, 11) is -3.06. The summed E-state index contributed by atoms with van der Waals surface area (Å²) in [6, 6.07) is 6.94. The fourth-order valence-electron chi connectivity index (χ4n) is 2.54. The quantitative estimate of drug-likeness (QED) is 0.824. The van der Waals surface area contributed by atoms with E-state index in [1.165, 1.54) is 6.26 Å². The van der Waals surface area contributed by atoms with Crippen LogP contribution in [-0.2, 0) is 20.3 Å². The van der Waals surface area contributed by atoms with Crippen LogP contribution < -0.4 is 5.32 Å². The summed E-state index contributed by atoms with van der Waals surface area (Å²) in [5.74, 6) is -0.154. The summed E-state index contributed by atoms with van der Waals surface area (Å²) in [6.07, 6.45) is 1.20. The van der Waals surface area contributed by atoms with Crippen LogP contribution in [0.2, 0.25) is 0 Å². The number of hydrogen-bond acceptors (Lipinski definition) is 5. The van der Waals surface area contributed by atoms with Crippen molar-refractivity contribution in [1.29, 1.82) is 0 Å². The van der Waals surface area contributed by atoms with E-state index < -0.39 is 9.84 Å². The summed E-state index contributed by atoms with van der Waals surface area (Å²) >= 11 is 0. The molecule has 1 heterocycles. The average molecular weight is 340 g/mol. The van der Waals surface area contributed by atoms with Gasteiger partial charge in [-0.25, -0.2) is 8.42 Å². The van der Waals surface area contributed by atoms with Gasteiger partial charge in [-0.3, -0.25) is 9.69 Å². The lowest BCUT2D eigenvalue weighted by Gasteiger charge is -2.32. The van der Waals surface area contributed by atoms with Crippen LogP contribution >= 0.6 is 0 Å². The summed E-state index contributed by atoms with van der Waals surface area (Å²) in [5, 5.41) is 2.92. The molecule has 1 aromatic carbocycles. The highest BCUT2D eigenvalue weighted by atomic mass is 32.2. The number of amides is 1. The van der Waals surface area contributed by atoms with Crippen LogP contribution in [0.1, 0.15) is 22.8 Å². The van der Waals surface area contributed by atoms with Gasteiger partial charge in [-0.2, -0.15) is 0 Å². The third-order valence-electron chi connectivity index (χ3n) is 3.87. The van der Waals surface area contributed by atoms with Crippen molar-refractivity contribution >= 4 is 15.7 Å². The standard InChI is InChI=1S/C16H24N2O4S/c1-13(18-7-9-22-10-8-18)11-17-16(19)15-5-3-14(4-6-15)12-23(2,20)21/h3-6,13H,7-12H2,1-2H3,(H,17,19). The third-order valence-corrected chi connectivity index (χ3v) is 4.73. The minimum absolute atomic E-state index is 0.0109. The van der Waals surface area contributed by atoms with Crippen molar-refractivity contribution in [2.75, 3.05) is 39.1 Å². The predicted octanol–water partition coefficient (Wildman–Crippen LogP) is 0.682. The first-order valence-corrected chi connectivity index (χ1v) is 9.78. The van der Waals surface area contributed by atoms with Crippen molar-refractivity contribution in [2.24, 2.45) is 0 Å². The van der Waals surface area contributed by atoms with Crippen molar-refractivity contribution in [2.45, 2.75) is 18.7 Å². The molecule has 0 spiro atoms. The number of rotatable bonds is 6. The number of sulfone groups is 1. The predicted molar refractivity (Wildman–Crippen MR) is 89.2 cm³/mol. The van der Waals surface area contributed by atoms with Gasteiger partial charge in [0.2, 0.25) is 0 Å². The Morgan fingerprint density at radius 2 is 1.87 bits per heavy atom. The lowest BCUT2D eigenvalue weighted by Crippen LogP contribution is -2.47. The summed E-state index contributed by atoms with van der Waals surface area (Å²) in [5.41, 5.74) is 1.22. The minimum Gasteiger partial charge on any atom is -0.379 e. The molecule has 1 saturated heterocycles. The first-order valence-electron chi connectivity index (χ1n) is 7.72. The Bertz CT molecular complexity index is 622. The smallest absolute Gasteiger partial charge is 0.251 e. The Labute approximate surface area is 137 Å². The van der Waals surface area contributed by atoms with Crippen LogP contribution in [-0.4, -0.2) is 64.4 Å². The van der Waals surface area contributed by atoms with Crippen molar-refractivity contribution in [3.8, 4) is 0 Å². The maximum atomic E-state index is 12.2. The molecule has 1 N–H and O–H groups in total. The lowest BCUT2D eigenvalue weighted by molar-refractivity contribution is 0.0204. The van der Waals surface area contributed by atoms with Gasteiger partial charge in [0.1, 0.15) is 0 Å². The van der Waals surface area contributed by atoms with Gasteiger partial charge < -0.3 is 10.1 Å². The zero-order chi connectivity index (χ0) is 16.9. The molecule has 0 saturated carbocycles. The SMILES string of the molecule is CC(CNC(=O)c1ccc(CS(C)(=O)=O)cc1)N1CCOCC1. The number of carbonyl (C=O) groups excluding carboxylic acids is 1. The van der Waals surface area contributed by atoms with Crippen LogP contribution in [0.25, 0.3) is 0 Å². The molecule has 1 aromatic rings. The van der Waals surface area contributed by atoms with Crippen molar-refractivity contribution in [3.63, 3.8) is 0 Å². The van der Waals surface area contributed by atoms with Gasteiger partial charge in [0.05, 0.1) is 19.0 Å². The maximum Gasteiger partial charge on any atom is 0.251 e. The second-order valence-electron chi connectivity index (χ2n) is 5.97. The zero-order valence-corrected chi connectivity index (χ0v) is 14.4. The van der Waals surface area contributed by atoms with E-state index in [4.69, 9.17) is 4.74 Å². The number of carbonyl (C=O) groups is 1. The molecule has 7 heteroatoms. The van der Waals surface area contributed by atoms with E-state index in [0.717, 1.165) is 26.3 Å². The lowest BCUT2D eigenvalue weighted by atomic mass is 10.1. The van der Waals surface area contributed by atoms with Crippen LogP contribution in [0.5, 0.6) is 0 Å². The van der Waals surface area contributed by atoms with Gasteiger partial charge in [0.15, 0.2) is 9.84 Å². The Morgan fingerprint density at radius 1 is 1.26 bits per heavy atom. The number of benzene rings is 1. The molecule has 128 valence electrons. The van der Waals surface area contributed by atoms with E-state index in [1.54, 1.807) is 24.3 Å². The minimum atomic E-state index is -3.06. The molecule has 0 radical (unpaired) electrons. The van der Waals surface area contributed by atoms with Crippen molar-refractivity contribution in [3.05, 3.63) is 35.4 Å². The highest BCUT2D eigenvalue weighted by Crippen LogP contribution is 2.08. The largest absolute Gasteiger partial charge is 0.379 e. The van der Waals surface area contributed by atoms with Crippen molar-refractivity contribution in [1.82, 2.24) is 10.2 Å². The molecule has 1 unspecified atom stereocenters. The molecule has 1 aliphatic heterocycles. The van der Waals surface area contributed by atoms with Gasteiger partial charge in [-0.05, 0) is 24.6 Å². The van der Waals surface area contributed by atoms with E-state index in [1.807, 2.05) is 0 Å². The van der Waals surface area contributed by atoms with Crippen LogP contribution in [0.4, 0.5) is 0 Å². The first-order chi connectivity index (χ1) is 10.8. The first kappa shape index (κ1) is 17.9. The third kappa shape index (κ3) is 5.93. The molecule has 1 fully saturated rings. The average Bonchev–Trinajstić information content (AvgIpc) is 2.52. The molecule has 6 nitrogen and oxygen atoms in total. The van der Waals surface area contributed by atoms with Crippen molar-refractivity contribution < 1.29 is 17.9 Å². The van der Waals surface area contributed by atoms with E-state index in [-0.39, 0.29) is 17.7 Å². The van der Waals surface area contributed by atoms with Gasteiger partial charge in [0, 0.05) is 37.5 Å². The highest BCUT2D eigenvalue weighted by molar-refractivity contribution is 7.89. The number of nitrogens with zero attached hydrogens (tertiary/aromatic N) is 1. The topological polar surface area (TPSA) is 75.7 Å². The van der Waals surface area contributed by atoms with Crippen LogP contribution in [0.15, 0.2) is 24.3 Å². The molecular formula is C16H24N2O4S. The fourth-order valence-corrected chi connectivity index (χ4v) is 3.34. The highest BCUT2D eigenvalue weighted by Gasteiger charge is 2.17. The Kier molecular flexibility index (Phi) is 6.15. The normalized spacial score (nSPS) is 17.7. The number of nitrogens with one attached hydrogen (secondary N) is 1. The molecule has 0 bridgehead atoms. The van der Waals surface area contributed by atoms with Gasteiger partial charge in [0.25, 0.3) is 5.91 Å². The van der Waals surface area contributed by atoms with E-state index in [2.05, 4.69) is 17.1 Å². The second-order valence-corrected chi connectivity index (χ2v) is 8.11. The van der Waals surface area contributed by atoms with Gasteiger partial charge in [-0.15, -0.1) is 0 Å². The summed E-state index contributed by atoms with van der Waals surface area (Å²) < 4.78 is 27.8. The number of morpholine rings is 1.